The zero-order valence-electron chi connectivity index (χ0n) is 11.5. The molecule has 1 saturated heterocycles. The largest absolute Gasteiger partial charge is 0.493 e. The van der Waals surface area contributed by atoms with Crippen LogP contribution in [0.5, 0.6) is 5.75 Å². The molecule has 0 spiro atoms. The number of ether oxygens (including phenoxy) is 2. The van der Waals surface area contributed by atoms with Crippen molar-refractivity contribution in [2.75, 3.05) is 19.8 Å². The van der Waals surface area contributed by atoms with E-state index in [1.165, 1.54) is 12.1 Å². The number of hydrogen-bond donors (Lipinski definition) is 1. The third-order valence-electron chi connectivity index (χ3n) is 3.24. The quantitative estimate of drug-likeness (QED) is 0.824. The molecule has 4 heteroatoms. The molecule has 0 bridgehead atoms. The first-order valence-electron chi connectivity index (χ1n) is 7.02. The predicted molar refractivity (Wildman–Crippen MR) is 72.9 cm³/mol. The molecule has 0 aromatic heterocycles. The molecule has 1 heterocycles. The second-order valence-electron chi connectivity index (χ2n) is 4.85. The van der Waals surface area contributed by atoms with E-state index in [1.54, 1.807) is 0 Å². The Morgan fingerprint density at radius 1 is 1.42 bits per heavy atom. The van der Waals surface area contributed by atoms with Gasteiger partial charge in [-0.25, -0.2) is 4.39 Å². The zero-order chi connectivity index (χ0) is 13.5. The van der Waals surface area contributed by atoms with Gasteiger partial charge in [0.05, 0.1) is 12.7 Å². The zero-order valence-corrected chi connectivity index (χ0v) is 11.5. The third-order valence-corrected chi connectivity index (χ3v) is 3.24. The highest BCUT2D eigenvalue weighted by molar-refractivity contribution is 5.29. The first kappa shape index (κ1) is 14.3. The van der Waals surface area contributed by atoms with Crippen LogP contribution in [-0.2, 0) is 11.3 Å². The second kappa shape index (κ2) is 7.46. The summed E-state index contributed by atoms with van der Waals surface area (Å²) in [5.41, 5.74) is 0.911. The van der Waals surface area contributed by atoms with E-state index in [1.807, 2.05) is 13.0 Å². The summed E-state index contributed by atoms with van der Waals surface area (Å²) >= 11 is 0. The lowest BCUT2D eigenvalue weighted by Gasteiger charge is -2.12. The summed E-state index contributed by atoms with van der Waals surface area (Å²) in [6, 6.07) is 4.86. The van der Waals surface area contributed by atoms with E-state index in [4.69, 9.17) is 9.47 Å². The van der Waals surface area contributed by atoms with Crippen molar-refractivity contribution in [2.45, 2.75) is 38.8 Å². The Kier molecular flexibility index (Phi) is 5.61. The summed E-state index contributed by atoms with van der Waals surface area (Å²) in [4.78, 5) is 0. The molecule has 1 aromatic carbocycles. The summed E-state index contributed by atoms with van der Waals surface area (Å²) in [5, 5.41) is 3.18. The summed E-state index contributed by atoms with van der Waals surface area (Å²) < 4.78 is 24.6. The Morgan fingerprint density at radius 2 is 2.32 bits per heavy atom. The fourth-order valence-corrected chi connectivity index (χ4v) is 2.26. The van der Waals surface area contributed by atoms with Crippen LogP contribution in [-0.4, -0.2) is 25.9 Å². The van der Waals surface area contributed by atoms with Crippen molar-refractivity contribution < 1.29 is 13.9 Å². The van der Waals surface area contributed by atoms with E-state index in [9.17, 15) is 4.39 Å². The van der Waals surface area contributed by atoms with Crippen LogP contribution in [0.1, 0.15) is 31.7 Å². The van der Waals surface area contributed by atoms with Crippen LogP contribution in [0.15, 0.2) is 18.2 Å². The number of hydrogen-bond acceptors (Lipinski definition) is 3. The molecular weight excluding hydrogens is 245 g/mol. The standard InChI is InChI=1S/C15H22FNO2/c1-2-17-11-12-8-13(16)10-15(9-12)19-7-5-14-4-3-6-18-14/h8-10,14,17H,2-7,11H2,1H3. The molecular formula is C15H22FNO2. The fraction of sp³-hybridized carbons (Fsp3) is 0.600. The molecule has 1 fully saturated rings. The monoisotopic (exact) mass is 267 g/mol. The maximum Gasteiger partial charge on any atom is 0.127 e. The van der Waals surface area contributed by atoms with Crippen molar-refractivity contribution >= 4 is 0 Å². The van der Waals surface area contributed by atoms with Crippen molar-refractivity contribution in [1.29, 1.82) is 0 Å². The van der Waals surface area contributed by atoms with Gasteiger partial charge in [0.1, 0.15) is 11.6 Å². The Morgan fingerprint density at radius 3 is 3.05 bits per heavy atom. The highest BCUT2D eigenvalue weighted by Gasteiger charge is 2.15. The first-order valence-corrected chi connectivity index (χ1v) is 7.02. The van der Waals surface area contributed by atoms with Gasteiger partial charge in [0.25, 0.3) is 0 Å². The molecule has 0 aliphatic carbocycles. The highest BCUT2D eigenvalue weighted by Crippen LogP contribution is 2.19. The smallest absolute Gasteiger partial charge is 0.127 e. The van der Waals surface area contributed by atoms with Crippen LogP contribution in [0.25, 0.3) is 0 Å². The van der Waals surface area contributed by atoms with Gasteiger partial charge in [0.2, 0.25) is 0 Å². The maximum atomic E-state index is 13.5. The molecule has 19 heavy (non-hydrogen) atoms. The summed E-state index contributed by atoms with van der Waals surface area (Å²) in [7, 11) is 0. The predicted octanol–water partition coefficient (Wildman–Crippen LogP) is 2.88. The summed E-state index contributed by atoms with van der Waals surface area (Å²) in [6.07, 6.45) is 3.43. The molecule has 1 atom stereocenters. The van der Waals surface area contributed by atoms with Gasteiger partial charge < -0.3 is 14.8 Å². The van der Waals surface area contributed by atoms with Crippen LogP contribution in [0.2, 0.25) is 0 Å². The number of nitrogens with one attached hydrogen (secondary N) is 1. The molecule has 0 saturated carbocycles. The molecule has 106 valence electrons. The minimum atomic E-state index is -0.248. The van der Waals surface area contributed by atoms with Gasteiger partial charge >= 0.3 is 0 Å². The minimum Gasteiger partial charge on any atom is -0.493 e. The van der Waals surface area contributed by atoms with Gasteiger partial charge in [-0.15, -0.1) is 0 Å². The second-order valence-corrected chi connectivity index (χ2v) is 4.85. The van der Waals surface area contributed by atoms with Crippen molar-refractivity contribution in [3.8, 4) is 5.75 Å². The number of benzene rings is 1. The Balaban J connectivity index is 1.82. The fourth-order valence-electron chi connectivity index (χ4n) is 2.26. The average Bonchev–Trinajstić information content (AvgIpc) is 2.89. The molecule has 1 unspecified atom stereocenters. The SMILES string of the molecule is CCNCc1cc(F)cc(OCCC2CCCO2)c1. The van der Waals surface area contributed by atoms with Gasteiger partial charge in [0, 0.05) is 25.6 Å². The Hall–Kier alpha value is -1.13. The van der Waals surface area contributed by atoms with Crippen molar-refractivity contribution in [3.05, 3.63) is 29.6 Å². The van der Waals surface area contributed by atoms with Crippen LogP contribution in [0.3, 0.4) is 0 Å². The molecule has 1 aliphatic rings. The van der Waals surface area contributed by atoms with Gasteiger partial charge in [-0.05, 0) is 37.1 Å². The van der Waals surface area contributed by atoms with E-state index >= 15 is 0 Å². The van der Waals surface area contributed by atoms with Crippen molar-refractivity contribution in [3.63, 3.8) is 0 Å². The third kappa shape index (κ3) is 4.80. The maximum absolute atomic E-state index is 13.5. The van der Waals surface area contributed by atoms with Crippen LogP contribution < -0.4 is 10.1 Å². The molecule has 1 aromatic rings. The van der Waals surface area contributed by atoms with Crippen LogP contribution in [0, 0.1) is 5.82 Å². The van der Waals surface area contributed by atoms with E-state index in [0.717, 1.165) is 38.0 Å². The molecule has 3 nitrogen and oxygen atoms in total. The normalized spacial score (nSPS) is 18.7. The van der Waals surface area contributed by atoms with Gasteiger partial charge in [-0.2, -0.15) is 0 Å². The number of rotatable bonds is 7. The van der Waals surface area contributed by atoms with E-state index in [0.29, 0.717) is 25.0 Å². The topological polar surface area (TPSA) is 30.5 Å². The Labute approximate surface area is 114 Å². The number of halogens is 1. The molecule has 0 amide bonds. The molecule has 1 aliphatic heterocycles. The lowest BCUT2D eigenvalue weighted by Crippen LogP contribution is -2.13. The molecule has 1 N–H and O–H groups in total. The van der Waals surface area contributed by atoms with Gasteiger partial charge in [0.15, 0.2) is 0 Å². The van der Waals surface area contributed by atoms with E-state index in [2.05, 4.69) is 5.32 Å². The van der Waals surface area contributed by atoms with Crippen molar-refractivity contribution in [2.24, 2.45) is 0 Å². The average molecular weight is 267 g/mol. The van der Waals surface area contributed by atoms with Crippen LogP contribution >= 0.6 is 0 Å². The first-order chi connectivity index (χ1) is 9.28. The van der Waals surface area contributed by atoms with Gasteiger partial charge in [-0.3, -0.25) is 0 Å². The molecule has 0 radical (unpaired) electrons. The van der Waals surface area contributed by atoms with E-state index in [-0.39, 0.29) is 5.82 Å². The van der Waals surface area contributed by atoms with Gasteiger partial charge in [-0.1, -0.05) is 6.92 Å². The van der Waals surface area contributed by atoms with Crippen molar-refractivity contribution in [1.82, 2.24) is 5.32 Å². The van der Waals surface area contributed by atoms with Crippen LogP contribution in [0.4, 0.5) is 4.39 Å². The lowest BCUT2D eigenvalue weighted by atomic mass is 10.2. The molecule has 2 rings (SSSR count). The van der Waals surface area contributed by atoms with E-state index < -0.39 is 0 Å². The highest BCUT2D eigenvalue weighted by atomic mass is 19.1. The summed E-state index contributed by atoms with van der Waals surface area (Å²) in [5.74, 6) is 0.355. The lowest BCUT2D eigenvalue weighted by molar-refractivity contribution is 0.0903. The minimum absolute atomic E-state index is 0.248. The summed E-state index contributed by atoms with van der Waals surface area (Å²) in [6.45, 7) is 4.99. The Bertz CT molecular complexity index is 392.